The van der Waals surface area contributed by atoms with Crippen molar-refractivity contribution in [2.75, 3.05) is 60.8 Å². The van der Waals surface area contributed by atoms with E-state index in [4.69, 9.17) is 18.9 Å². The van der Waals surface area contributed by atoms with Crippen molar-refractivity contribution in [3.8, 4) is 22.6 Å². The third kappa shape index (κ3) is 9.95. The number of aryl methyl sites for hydroxylation is 2. The summed E-state index contributed by atoms with van der Waals surface area (Å²) in [6, 6.07) is 7.60. The monoisotopic (exact) mass is 760 g/mol. The van der Waals surface area contributed by atoms with Gasteiger partial charge in [-0.05, 0) is 49.7 Å². The summed E-state index contributed by atoms with van der Waals surface area (Å²) in [4.78, 5) is 76.0. The number of Topliss-reactive ketones (excluding diaryl/α,β-unsaturated/α-hetero) is 1. The van der Waals surface area contributed by atoms with Gasteiger partial charge in [0.1, 0.15) is 23.1 Å². The van der Waals surface area contributed by atoms with E-state index in [0.29, 0.717) is 68.5 Å². The highest BCUT2D eigenvalue weighted by Gasteiger charge is 2.29. The van der Waals surface area contributed by atoms with Crippen LogP contribution in [0.5, 0.6) is 11.5 Å². The average Bonchev–Trinajstić information content (AvgIpc) is 3.55. The SMILES string of the molecule is COc1cc(-c2cn(C)c(=O)c3c2ccn3C)cc(OC)c1CN(C)CC(=O)NCCOCCOCCCC(=O)c1ccc(=O)n(C2CCC(=O)NC2=O)c1. The Kier molecular flexibility index (Phi) is 13.8. The second-order valence-corrected chi connectivity index (χ2v) is 13.4. The largest absolute Gasteiger partial charge is 0.496 e. The molecule has 4 aromatic rings. The van der Waals surface area contributed by atoms with Crippen molar-refractivity contribution in [2.45, 2.75) is 38.3 Å². The maximum Gasteiger partial charge on any atom is 0.274 e. The molecular formula is C39H48N6O10. The van der Waals surface area contributed by atoms with Gasteiger partial charge in [-0.25, -0.2) is 0 Å². The van der Waals surface area contributed by atoms with Gasteiger partial charge in [-0.3, -0.25) is 39.0 Å². The Bertz CT molecular complexity index is 2140. The first-order valence-corrected chi connectivity index (χ1v) is 18.0. The number of piperidine rings is 1. The summed E-state index contributed by atoms with van der Waals surface area (Å²) in [5, 5.41) is 5.91. The molecule has 0 bridgehead atoms. The summed E-state index contributed by atoms with van der Waals surface area (Å²) >= 11 is 0. The van der Waals surface area contributed by atoms with Crippen molar-refractivity contribution >= 4 is 34.4 Å². The van der Waals surface area contributed by atoms with E-state index >= 15 is 0 Å². The molecule has 1 saturated heterocycles. The maximum absolute atomic E-state index is 12.8. The number of aromatic nitrogens is 3. The topological polar surface area (TPSA) is 181 Å². The third-order valence-electron chi connectivity index (χ3n) is 9.41. The minimum Gasteiger partial charge on any atom is -0.496 e. The number of methoxy groups -OCH3 is 2. The van der Waals surface area contributed by atoms with Gasteiger partial charge < -0.3 is 38.0 Å². The van der Waals surface area contributed by atoms with Gasteiger partial charge in [-0.1, -0.05) is 0 Å². The number of fused-ring (bicyclic) bond motifs is 1. The molecule has 1 aromatic carbocycles. The normalized spacial score (nSPS) is 14.3. The van der Waals surface area contributed by atoms with Crippen LogP contribution in [0.1, 0.15) is 47.6 Å². The molecule has 294 valence electrons. The molecule has 3 aromatic heterocycles. The molecular weight excluding hydrogens is 712 g/mol. The third-order valence-corrected chi connectivity index (χ3v) is 9.41. The average molecular weight is 761 g/mol. The molecule has 4 heterocycles. The maximum atomic E-state index is 12.8. The zero-order valence-corrected chi connectivity index (χ0v) is 31.8. The van der Waals surface area contributed by atoms with E-state index < -0.39 is 17.5 Å². The minimum atomic E-state index is -0.830. The number of ketones is 1. The van der Waals surface area contributed by atoms with E-state index in [-0.39, 0.29) is 49.0 Å². The fourth-order valence-corrected chi connectivity index (χ4v) is 6.58. The fraction of sp³-hybridized carbons (Fsp3) is 0.436. The standard InChI is InChI=1S/C39H48N6O10/c1-42(22-29-32(52-4)19-26(20-33(29)53-5)28-23-44(3)39(51)37-27(28)12-14-43(37)2)24-35(48)40-13-16-55-18-17-54-15-6-7-31(46)25-8-11-36(49)45(21-25)30-9-10-34(47)41-38(30)50/h8,11-12,14,19-21,23,30H,6-7,9-10,13,15-18,22,24H2,1-5H3,(H,40,48)(H,41,47,50). The number of benzene rings is 1. The second kappa shape index (κ2) is 18.6. The van der Waals surface area contributed by atoms with E-state index in [1.165, 1.54) is 22.9 Å². The van der Waals surface area contributed by atoms with Crippen LogP contribution in [0.4, 0.5) is 0 Å². The Morgan fingerprint density at radius 1 is 0.927 bits per heavy atom. The Morgan fingerprint density at radius 3 is 2.33 bits per heavy atom. The predicted octanol–water partition coefficient (Wildman–Crippen LogP) is 1.94. The van der Waals surface area contributed by atoms with E-state index in [9.17, 15) is 28.8 Å². The van der Waals surface area contributed by atoms with Crippen LogP contribution in [-0.2, 0) is 44.5 Å². The van der Waals surface area contributed by atoms with Crippen molar-refractivity contribution in [2.24, 2.45) is 14.1 Å². The molecule has 0 spiro atoms. The molecule has 1 unspecified atom stereocenters. The van der Waals surface area contributed by atoms with Crippen LogP contribution in [0.15, 0.2) is 58.5 Å². The van der Waals surface area contributed by atoms with Crippen molar-refractivity contribution < 1.29 is 38.1 Å². The number of rotatable bonds is 19. The van der Waals surface area contributed by atoms with Gasteiger partial charge in [0.15, 0.2) is 5.78 Å². The number of amides is 3. The van der Waals surface area contributed by atoms with Gasteiger partial charge in [0.05, 0.1) is 46.1 Å². The lowest BCUT2D eigenvalue weighted by molar-refractivity contribution is -0.135. The summed E-state index contributed by atoms with van der Waals surface area (Å²) in [5.41, 5.74) is 2.88. The molecule has 1 fully saturated rings. The number of hydrogen-bond acceptors (Lipinski definition) is 11. The number of nitrogens with one attached hydrogen (secondary N) is 2. The lowest BCUT2D eigenvalue weighted by Crippen LogP contribution is -2.44. The van der Waals surface area contributed by atoms with Crippen LogP contribution >= 0.6 is 0 Å². The minimum absolute atomic E-state index is 0.0853. The number of hydrogen-bond donors (Lipinski definition) is 2. The van der Waals surface area contributed by atoms with E-state index in [2.05, 4.69) is 10.6 Å². The summed E-state index contributed by atoms with van der Waals surface area (Å²) < 4.78 is 27.3. The molecule has 16 nitrogen and oxygen atoms in total. The van der Waals surface area contributed by atoms with E-state index in [1.807, 2.05) is 48.0 Å². The van der Waals surface area contributed by atoms with Gasteiger partial charge in [0.2, 0.25) is 17.7 Å². The number of carbonyl (C=O) groups excluding carboxylic acids is 4. The molecule has 3 amide bonds. The van der Waals surface area contributed by atoms with Gasteiger partial charge in [-0.2, -0.15) is 0 Å². The molecule has 1 aliphatic heterocycles. The number of likely N-dealkylation sites (N-methyl/N-ethyl adjacent to an activating group) is 1. The van der Waals surface area contributed by atoms with Crippen molar-refractivity contribution in [1.29, 1.82) is 0 Å². The highest BCUT2D eigenvalue weighted by molar-refractivity contribution is 6.00. The number of nitrogens with zero attached hydrogens (tertiary/aromatic N) is 4. The Balaban J connectivity index is 0.998. The molecule has 0 radical (unpaired) electrons. The van der Waals surface area contributed by atoms with E-state index in [0.717, 1.165) is 22.1 Å². The Hall–Kier alpha value is -5.58. The lowest BCUT2D eigenvalue weighted by Gasteiger charge is -2.23. The first kappa shape index (κ1) is 40.6. The van der Waals surface area contributed by atoms with Crippen LogP contribution in [0.2, 0.25) is 0 Å². The summed E-state index contributed by atoms with van der Waals surface area (Å²) in [7, 11) is 8.56. The predicted molar refractivity (Wildman–Crippen MR) is 203 cm³/mol. The van der Waals surface area contributed by atoms with Crippen LogP contribution in [-0.4, -0.2) is 103 Å². The smallest absolute Gasteiger partial charge is 0.274 e. The van der Waals surface area contributed by atoms with Crippen LogP contribution < -0.4 is 31.2 Å². The van der Waals surface area contributed by atoms with Gasteiger partial charge in [0.25, 0.3) is 11.1 Å². The molecule has 55 heavy (non-hydrogen) atoms. The molecule has 0 aliphatic carbocycles. The highest BCUT2D eigenvalue weighted by Crippen LogP contribution is 2.38. The fourth-order valence-electron chi connectivity index (χ4n) is 6.58. The molecule has 5 rings (SSSR count). The second-order valence-electron chi connectivity index (χ2n) is 13.4. The van der Waals surface area contributed by atoms with Crippen molar-refractivity contribution in [3.63, 3.8) is 0 Å². The van der Waals surface area contributed by atoms with Gasteiger partial charge >= 0.3 is 0 Å². The van der Waals surface area contributed by atoms with Crippen molar-refractivity contribution in [3.05, 3.63) is 80.8 Å². The number of carbonyl (C=O) groups is 4. The quantitative estimate of drug-likeness (QED) is 0.0810. The molecule has 1 aliphatic rings. The van der Waals surface area contributed by atoms with E-state index in [1.54, 1.807) is 32.0 Å². The molecule has 16 heteroatoms. The highest BCUT2D eigenvalue weighted by atomic mass is 16.5. The van der Waals surface area contributed by atoms with Gasteiger partial charge in [-0.15, -0.1) is 0 Å². The zero-order valence-electron chi connectivity index (χ0n) is 31.8. The summed E-state index contributed by atoms with van der Waals surface area (Å²) in [6.45, 7) is 2.06. The summed E-state index contributed by atoms with van der Waals surface area (Å²) in [5.74, 6) is -0.114. The first-order chi connectivity index (χ1) is 26.4. The Labute approximate surface area is 317 Å². The molecule has 0 saturated carbocycles. The molecule has 2 N–H and O–H groups in total. The van der Waals surface area contributed by atoms with Crippen LogP contribution in [0.3, 0.4) is 0 Å². The Morgan fingerprint density at radius 2 is 1.64 bits per heavy atom. The zero-order chi connectivity index (χ0) is 39.6. The van der Waals surface area contributed by atoms with Gasteiger partial charge in [0, 0.05) is 87.8 Å². The number of pyridine rings is 2. The van der Waals surface area contributed by atoms with Crippen LogP contribution in [0.25, 0.3) is 22.0 Å². The first-order valence-electron chi connectivity index (χ1n) is 18.0. The lowest BCUT2D eigenvalue weighted by atomic mass is 10.00. The van der Waals surface area contributed by atoms with Crippen LogP contribution in [0, 0.1) is 0 Å². The van der Waals surface area contributed by atoms with Crippen molar-refractivity contribution in [1.82, 2.24) is 29.2 Å². The summed E-state index contributed by atoms with van der Waals surface area (Å²) in [6.07, 6.45) is 6.01. The number of ether oxygens (including phenoxy) is 4. The molecule has 1 atom stereocenters. The number of imide groups is 1.